The molecule has 9 aromatic carbocycles. The zero-order valence-electron chi connectivity index (χ0n) is 32.4. The molecular formula is C55H29N5S. The van der Waals surface area contributed by atoms with Crippen molar-refractivity contribution in [2.75, 3.05) is 0 Å². The molecule has 13 aromatic rings. The number of rotatable bonds is 4. The number of pyridine rings is 1. The maximum Gasteiger partial charge on any atom is 0.220 e. The minimum Gasteiger partial charge on any atom is -0.317 e. The summed E-state index contributed by atoms with van der Waals surface area (Å²) >= 11 is 1.79. The van der Waals surface area contributed by atoms with Crippen molar-refractivity contribution in [3.05, 3.63) is 193 Å². The van der Waals surface area contributed by atoms with E-state index in [1.165, 1.54) is 20.2 Å². The predicted octanol–water partition coefficient (Wildman–Crippen LogP) is 15.1. The maximum atomic E-state index is 11.7. The van der Waals surface area contributed by atoms with Gasteiger partial charge in [-0.2, -0.15) is 5.26 Å². The Morgan fingerprint density at radius 2 is 1.08 bits per heavy atom. The molecule has 61 heavy (non-hydrogen) atoms. The van der Waals surface area contributed by atoms with E-state index >= 15 is 0 Å². The highest BCUT2D eigenvalue weighted by Crippen LogP contribution is 2.53. The van der Waals surface area contributed by atoms with Crippen LogP contribution in [0.5, 0.6) is 0 Å². The topological polar surface area (TPSA) is 50.9 Å². The van der Waals surface area contributed by atoms with Gasteiger partial charge in [-0.15, -0.1) is 11.3 Å². The van der Waals surface area contributed by atoms with E-state index in [0.29, 0.717) is 22.5 Å². The van der Waals surface area contributed by atoms with Crippen molar-refractivity contribution < 1.29 is 0 Å². The van der Waals surface area contributed by atoms with E-state index in [9.17, 15) is 5.26 Å². The van der Waals surface area contributed by atoms with Crippen molar-refractivity contribution in [1.82, 2.24) is 14.1 Å². The Morgan fingerprint density at radius 3 is 1.84 bits per heavy atom. The number of fused-ring (bicyclic) bond motifs is 9. The summed E-state index contributed by atoms with van der Waals surface area (Å²) in [6, 6.07) is 59.8. The van der Waals surface area contributed by atoms with Crippen LogP contribution < -0.4 is 0 Å². The second kappa shape index (κ2) is 12.6. The van der Waals surface area contributed by atoms with E-state index < -0.39 is 0 Å². The third kappa shape index (κ3) is 4.49. The van der Waals surface area contributed by atoms with Crippen molar-refractivity contribution in [3.8, 4) is 39.7 Å². The lowest BCUT2D eigenvalue weighted by Gasteiger charge is -2.25. The summed E-state index contributed by atoms with van der Waals surface area (Å²) < 4.78 is 6.97. The number of nitrogens with zero attached hydrogens (tertiary/aromatic N) is 5. The highest BCUT2D eigenvalue weighted by atomic mass is 32.1. The van der Waals surface area contributed by atoms with Gasteiger partial charge in [0.15, 0.2) is 0 Å². The summed E-state index contributed by atoms with van der Waals surface area (Å²) in [5.41, 5.74) is 9.25. The fourth-order valence-electron chi connectivity index (χ4n) is 10.2. The van der Waals surface area contributed by atoms with Gasteiger partial charge >= 0.3 is 0 Å². The lowest BCUT2D eigenvalue weighted by Crippen LogP contribution is -2.08. The maximum absolute atomic E-state index is 11.7. The molecule has 280 valence electrons. The smallest absolute Gasteiger partial charge is 0.220 e. The molecule has 0 aliphatic rings. The van der Waals surface area contributed by atoms with Crippen LogP contribution in [0.25, 0.3) is 124 Å². The number of hydrogen-bond acceptors (Lipinski definition) is 3. The van der Waals surface area contributed by atoms with Crippen molar-refractivity contribution in [3.63, 3.8) is 0 Å². The number of para-hydroxylation sites is 1. The molecule has 0 amide bonds. The molecule has 0 aliphatic carbocycles. The van der Waals surface area contributed by atoms with E-state index in [-0.39, 0.29) is 0 Å². The Labute approximate surface area is 353 Å². The summed E-state index contributed by atoms with van der Waals surface area (Å²) in [6.45, 7) is 9.16. The molecule has 0 fully saturated rings. The van der Waals surface area contributed by atoms with Crippen LogP contribution in [-0.4, -0.2) is 14.1 Å². The van der Waals surface area contributed by atoms with Crippen LogP contribution in [0.3, 0.4) is 0 Å². The van der Waals surface area contributed by atoms with Gasteiger partial charge < -0.3 is 9.13 Å². The van der Waals surface area contributed by atoms with Crippen LogP contribution in [0.4, 0.5) is 5.69 Å². The van der Waals surface area contributed by atoms with Crippen molar-refractivity contribution in [1.29, 1.82) is 5.26 Å². The third-order valence-electron chi connectivity index (χ3n) is 12.6. The molecule has 0 unspecified atom stereocenters. The first-order valence-electron chi connectivity index (χ1n) is 20.2. The molecule has 0 radical (unpaired) electrons. The molecule has 0 N–H and O–H groups in total. The van der Waals surface area contributed by atoms with Crippen LogP contribution in [0.2, 0.25) is 0 Å². The SMILES string of the molecule is [C-]#[N+]c1c(-c2ccccc2)c(C#N)c(-n2c3ccccc3c3cc4c(cc32)sc2ccccc24)c(-c2ccccc2)c1-n1c2cccc3c4ccccc4c4cncc1c4c32. The molecule has 4 aromatic heterocycles. The number of nitriles is 1. The zero-order chi connectivity index (χ0) is 40.3. The van der Waals surface area contributed by atoms with Gasteiger partial charge in [0.2, 0.25) is 5.69 Å². The molecule has 0 aliphatic heterocycles. The van der Waals surface area contributed by atoms with Crippen molar-refractivity contribution in [2.45, 2.75) is 0 Å². The summed E-state index contributed by atoms with van der Waals surface area (Å²) in [4.78, 5) is 9.39. The molecular weight excluding hydrogens is 763 g/mol. The normalized spacial score (nSPS) is 11.9. The van der Waals surface area contributed by atoms with Crippen LogP contribution in [0, 0.1) is 17.9 Å². The molecule has 0 spiro atoms. The summed E-state index contributed by atoms with van der Waals surface area (Å²) in [5, 5.41) is 23.1. The van der Waals surface area contributed by atoms with Gasteiger partial charge in [0.1, 0.15) is 6.07 Å². The van der Waals surface area contributed by atoms with Crippen molar-refractivity contribution >= 4 is 102 Å². The number of thiophene rings is 1. The van der Waals surface area contributed by atoms with Crippen LogP contribution >= 0.6 is 11.3 Å². The van der Waals surface area contributed by atoms with Gasteiger partial charge in [0.05, 0.1) is 51.8 Å². The lowest BCUT2D eigenvalue weighted by atomic mass is 9.88. The van der Waals surface area contributed by atoms with E-state index in [4.69, 9.17) is 11.6 Å². The summed E-state index contributed by atoms with van der Waals surface area (Å²) in [6.07, 6.45) is 3.92. The Kier molecular flexibility index (Phi) is 6.96. The standard InChI is InChI=1S/C55H29N5S/c1-57-53-49(32-15-4-2-5-16-32)41(29-56)54(59-43-24-12-10-21-36(43)39-27-40-37-22-11-13-26-47(37)61-48(40)28-45(39)59)50(33-17-6-3-7-18-33)55(53)60-44-25-14-23-38-34-19-8-9-20-35(34)42-30-58-31-46(60)52(42)51(38)44/h2-28,30-31H. The van der Waals surface area contributed by atoms with Crippen LogP contribution in [0.1, 0.15) is 5.56 Å². The monoisotopic (exact) mass is 791 g/mol. The highest BCUT2D eigenvalue weighted by Gasteiger charge is 2.32. The van der Waals surface area contributed by atoms with E-state index in [2.05, 4.69) is 135 Å². The fourth-order valence-corrected chi connectivity index (χ4v) is 11.3. The molecule has 0 atom stereocenters. The molecule has 6 heteroatoms. The van der Waals surface area contributed by atoms with E-state index in [0.717, 1.165) is 87.5 Å². The van der Waals surface area contributed by atoms with Gasteiger partial charge in [0.25, 0.3) is 0 Å². The lowest BCUT2D eigenvalue weighted by molar-refractivity contribution is 1.13. The molecule has 0 bridgehead atoms. The first-order valence-corrected chi connectivity index (χ1v) is 21.0. The van der Waals surface area contributed by atoms with Gasteiger partial charge in [-0.1, -0.05) is 133 Å². The molecule has 4 heterocycles. The fraction of sp³-hybridized carbons (Fsp3) is 0. The average molecular weight is 792 g/mol. The Bertz CT molecular complexity index is 3980. The first-order chi connectivity index (χ1) is 30.2. The first kappa shape index (κ1) is 33.7. The zero-order valence-corrected chi connectivity index (χ0v) is 33.2. The van der Waals surface area contributed by atoms with Gasteiger partial charge in [-0.3, -0.25) is 4.98 Å². The number of benzene rings is 9. The van der Waals surface area contributed by atoms with Crippen molar-refractivity contribution in [2.24, 2.45) is 0 Å². The molecule has 5 nitrogen and oxygen atoms in total. The van der Waals surface area contributed by atoms with E-state index in [1.807, 2.05) is 60.9 Å². The Morgan fingerprint density at radius 1 is 0.475 bits per heavy atom. The highest BCUT2D eigenvalue weighted by molar-refractivity contribution is 7.25. The van der Waals surface area contributed by atoms with Crippen LogP contribution in [0.15, 0.2) is 176 Å². The minimum absolute atomic E-state index is 0.407. The minimum atomic E-state index is 0.407. The van der Waals surface area contributed by atoms with Gasteiger partial charge in [-0.25, -0.2) is 4.85 Å². The second-order valence-corrected chi connectivity index (χ2v) is 16.7. The summed E-state index contributed by atoms with van der Waals surface area (Å²) in [7, 11) is 0. The number of aromatic nitrogens is 3. The second-order valence-electron chi connectivity index (χ2n) is 15.6. The third-order valence-corrected chi connectivity index (χ3v) is 13.7. The Balaban J connectivity index is 1.31. The largest absolute Gasteiger partial charge is 0.317 e. The quantitative estimate of drug-likeness (QED) is 0.132. The average Bonchev–Trinajstić information content (AvgIpc) is 3.97. The molecule has 13 rings (SSSR count). The predicted molar refractivity (Wildman–Crippen MR) is 254 cm³/mol. The molecule has 0 saturated carbocycles. The molecule has 0 saturated heterocycles. The Hall–Kier alpha value is -8.29. The van der Waals surface area contributed by atoms with Crippen LogP contribution in [-0.2, 0) is 0 Å². The number of hydrogen-bond donors (Lipinski definition) is 0. The summed E-state index contributed by atoms with van der Waals surface area (Å²) in [5.74, 6) is 0. The van der Waals surface area contributed by atoms with Gasteiger partial charge in [-0.05, 0) is 57.6 Å². The van der Waals surface area contributed by atoms with E-state index in [1.54, 1.807) is 11.3 Å². The van der Waals surface area contributed by atoms with Gasteiger partial charge in [0, 0.05) is 64.4 Å².